The molecule has 0 saturated carbocycles. The van der Waals surface area contributed by atoms with E-state index in [-0.39, 0.29) is 48.2 Å². The van der Waals surface area contributed by atoms with Gasteiger partial charge in [0.05, 0.1) is 11.1 Å². The number of ketones is 3. The molecule has 2 fully saturated rings. The standard InChI is InChI=1S/C51H59N7O7/c1-31(2)54-42-28-36(27-40(41(42)29-52)44(60)16-14-38-33(4)25-32(3)26-45(38)61)35-13-17-46(53-30-35)57-23-21-56(22-24-57)20-19-37(59)11-7-5-6-9-34-10-8-12-39-48(34)51(65)58(50(39)64)43-15-18-47(62)55-49(43)63/h8,10,12-13,17,25,27-31,43,52,54H,5-7,9,11,14-16,18-24,26H2,1-4H3,(H,55,62,63). The zero-order chi connectivity index (χ0) is 46.4. The normalized spacial score (nSPS) is 18.0. The number of aromatic nitrogens is 1. The fraction of sp³-hybridized carbons (Fsp3) is 0.431. The van der Waals surface area contributed by atoms with Crippen LogP contribution in [0.15, 0.2) is 71.5 Å². The van der Waals surface area contributed by atoms with Gasteiger partial charge in [-0.05, 0) is 112 Å². The predicted molar refractivity (Wildman–Crippen MR) is 250 cm³/mol. The fourth-order valence-corrected chi connectivity index (χ4v) is 9.39. The molecule has 3 N–H and O–H groups in total. The highest BCUT2D eigenvalue weighted by atomic mass is 16.2. The molecule has 65 heavy (non-hydrogen) atoms. The number of hydrogen-bond acceptors (Lipinski definition) is 12. The van der Waals surface area contributed by atoms with Crippen LogP contribution in [0.25, 0.3) is 11.1 Å². The van der Waals surface area contributed by atoms with Crippen LogP contribution in [0.5, 0.6) is 0 Å². The van der Waals surface area contributed by atoms with E-state index in [0.29, 0.717) is 66.6 Å². The third-order valence-corrected chi connectivity index (χ3v) is 12.8. The number of rotatable bonds is 19. The average molecular weight is 882 g/mol. The first kappa shape index (κ1) is 46.6. The Morgan fingerprint density at radius 3 is 2.38 bits per heavy atom. The summed E-state index contributed by atoms with van der Waals surface area (Å²) < 4.78 is 0. The number of fused-ring (bicyclic) bond motifs is 1. The number of carbonyl (C=O) groups is 7. The van der Waals surface area contributed by atoms with Crippen LogP contribution in [0.1, 0.15) is 134 Å². The third-order valence-electron chi connectivity index (χ3n) is 12.8. The lowest BCUT2D eigenvalue weighted by Crippen LogP contribution is -2.54. The zero-order valence-electron chi connectivity index (χ0n) is 37.9. The summed E-state index contributed by atoms with van der Waals surface area (Å²) in [7, 11) is 0. The molecule has 1 aromatic heterocycles. The van der Waals surface area contributed by atoms with Crippen molar-refractivity contribution >= 4 is 58.7 Å². The van der Waals surface area contributed by atoms with E-state index in [1.54, 1.807) is 12.1 Å². The number of amides is 4. The Morgan fingerprint density at radius 2 is 1.69 bits per heavy atom. The molecular formula is C51H59N7O7. The van der Waals surface area contributed by atoms with E-state index < -0.39 is 29.7 Å². The number of allylic oxidation sites excluding steroid dienone is 4. The van der Waals surface area contributed by atoms with Crippen molar-refractivity contribution in [2.24, 2.45) is 0 Å². The van der Waals surface area contributed by atoms with Gasteiger partial charge >= 0.3 is 0 Å². The monoisotopic (exact) mass is 881 g/mol. The first-order valence-corrected chi connectivity index (χ1v) is 22.9. The summed E-state index contributed by atoms with van der Waals surface area (Å²) in [6.45, 7) is 11.7. The number of pyridine rings is 1. The van der Waals surface area contributed by atoms with Crippen LogP contribution in [-0.2, 0) is 25.6 Å². The van der Waals surface area contributed by atoms with E-state index in [1.165, 1.54) is 6.21 Å². The van der Waals surface area contributed by atoms with Gasteiger partial charge in [0.25, 0.3) is 11.8 Å². The highest BCUT2D eigenvalue weighted by Gasteiger charge is 2.45. The van der Waals surface area contributed by atoms with Gasteiger partial charge in [0.15, 0.2) is 11.6 Å². The van der Waals surface area contributed by atoms with Gasteiger partial charge in [-0.1, -0.05) is 30.2 Å². The summed E-state index contributed by atoms with van der Waals surface area (Å²) in [5.74, 6) is -1.02. The number of benzene rings is 2. The quantitative estimate of drug-likeness (QED) is 0.0484. The summed E-state index contributed by atoms with van der Waals surface area (Å²) in [6, 6.07) is 12.1. The number of piperazine rings is 1. The molecule has 340 valence electrons. The van der Waals surface area contributed by atoms with Crippen molar-refractivity contribution in [2.75, 3.05) is 42.9 Å². The molecule has 7 rings (SSSR count). The Labute approximate surface area is 380 Å². The Kier molecular flexibility index (Phi) is 14.8. The summed E-state index contributed by atoms with van der Waals surface area (Å²) in [5.41, 5.74) is 7.32. The first-order chi connectivity index (χ1) is 31.2. The number of aryl methyl sites for hydroxylation is 1. The van der Waals surface area contributed by atoms with Gasteiger partial charge in [0.1, 0.15) is 17.6 Å². The molecule has 1 unspecified atom stereocenters. The molecule has 0 spiro atoms. The highest BCUT2D eigenvalue weighted by Crippen LogP contribution is 2.33. The molecule has 3 aliphatic heterocycles. The van der Waals surface area contributed by atoms with Crippen LogP contribution in [0.3, 0.4) is 0 Å². The first-order valence-electron chi connectivity index (χ1n) is 22.9. The number of nitrogens with one attached hydrogen (secondary N) is 3. The largest absolute Gasteiger partial charge is 0.382 e. The highest BCUT2D eigenvalue weighted by molar-refractivity contribution is 6.24. The van der Waals surface area contributed by atoms with Crippen molar-refractivity contribution in [1.82, 2.24) is 20.1 Å². The number of piperidine rings is 1. The molecular weight excluding hydrogens is 823 g/mol. The number of Topliss-reactive ketones (excluding diaryl/α,β-unsaturated/α-hetero) is 3. The summed E-state index contributed by atoms with van der Waals surface area (Å²) in [5, 5.41) is 13.9. The number of imide groups is 2. The maximum absolute atomic E-state index is 13.8. The minimum absolute atomic E-state index is 0.0670. The van der Waals surface area contributed by atoms with E-state index in [2.05, 4.69) is 20.4 Å². The molecule has 3 aromatic rings. The molecule has 1 aliphatic carbocycles. The van der Waals surface area contributed by atoms with Crippen molar-refractivity contribution in [3.8, 4) is 11.1 Å². The van der Waals surface area contributed by atoms with Gasteiger partial charge < -0.3 is 15.6 Å². The second-order valence-electron chi connectivity index (χ2n) is 18.0. The number of nitrogens with zero attached hydrogens (tertiary/aromatic N) is 4. The molecule has 0 radical (unpaired) electrons. The number of carbonyl (C=O) groups excluding carboxylic acids is 7. The maximum Gasteiger partial charge on any atom is 0.262 e. The number of hydrogen-bond donors (Lipinski definition) is 3. The maximum atomic E-state index is 13.8. The lowest BCUT2D eigenvalue weighted by Gasteiger charge is -2.35. The van der Waals surface area contributed by atoms with Gasteiger partial charge in [-0.15, -0.1) is 0 Å². The smallest absolute Gasteiger partial charge is 0.262 e. The molecule has 14 heteroatoms. The van der Waals surface area contributed by atoms with Gasteiger partial charge in [0, 0.05) is 106 Å². The van der Waals surface area contributed by atoms with E-state index in [1.807, 2.05) is 70.3 Å². The summed E-state index contributed by atoms with van der Waals surface area (Å²) >= 11 is 0. The molecule has 14 nitrogen and oxygen atoms in total. The second kappa shape index (κ2) is 20.6. The van der Waals surface area contributed by atoms with Crippen molar-refractivity contribution in [1.29, 1.82) is 5.41 Å². The third kappa shape index (κ3) is 10.8. The lowest BCUT2D eigenvalue weighted by atomic mass is 9.88. The average Bonchev–Trinajstić information content (AvgIpc) is 3.53. The Balaban J connectivity index is 0.866. The van der Waals surface area contributed by atoms with E-state index in [4.69, 9.17) is 10.4 Å². The SMILES string of the molecule is CC1=CC(C)=C(CCC(=O)c2cc(-c3ccc(N4CCN(CCC(=O)CCCCCc5cccc6c5C(=O)N(C5CCC(=O)NC5=O)C6=O)CC4)nc3)cc(NC(C)C)c2C=N)C(=O)C1. The molecule has 1 atom stereocenters. The van der Waals surface area contributed by atoms with E-state index in [0.717, 1.165) is 84.0 Å². The molecule has 2 aromatic carbocycles. The van der Waals surface area contributed by atoms with Crippen molar-refractivity contribution in [3.63, 3.8) is 0 Å². The zero-order valence-corrected chi connectivity index (χ0v) is 37.9. The molecule has 4 heterocycles. The van der Waals surface area contributed by atoms with Crippen LogP contribution < -0.4 is 15.5 Å². The van der Waals surface area contributed by atoms with Crippen LogP contribution >= 0.6 is 0 Å². The minimum Gasteiger partial charge on any atom is -0.382 e. The van der Waals surface area contributed by atoms with Gasteiger partial charge in [-0.2, -0.15) is 0 Å². The Morgan fingerprint density at radius 1 is 0.908 bits per heavy atom. The topological polar surface area (TPSA) is 190 Å². The Hall–Kier alpha value is -6.41. The fourth-order valence-electron chi connectivity index (χ4n) is 9.39. The predicted octanol–water partition coefficient (Wildman–Crippen LogP) is 7.05. The van der Waals surface area contributed by atoms with Crippen LogP contribution in [0.4, 0.5) is 11.5 Å². The van der Waals surface area contributed by atoms with Crippen LogP contribution in [-0.4, -0.2) is 107 Å². The van der Waals surface area contributed by atoms with E-state index >= 15 is 0 Å². The number of unbranched alkanes of at least 4 members (excludes halogenated alkanes) is 2. The Bertz CT molecular complexity index is 2480. The second-order valence-corrected chi connectivity index (χ2v) is 18.0. The van der Waals surface area contributed by atoms with Gasteiger partial charge in [-0.3, -0.25) is 48.7 Å². The van der Waals surface area contributed by atoms with Crippen molar-refractivity contribution < 1.29 is 33.6 Å². The van der Waals surface area contributed by atoms with Crippen LogP contribution in [0.2, 0.25) is 0 Å². The molecule has 0 bridgehead atoms. The molecule has 2 saturated heterocycles. The lowest BCUT2D eigenvalue weighted by molar-refractivity contribution is -0.136. The van der Waals surface area contributed by atoms with Crippen LogP contribution in [0, 0.1) is 5.41 Å². The summed E-state index contributed by atoms with van der Waals surface area (Å²) in [4.78, 5) is 100. The number of anilines is 2. The minimum atomic E-state index is -0.998. The molecule has 4 amide bonds. The van der Waals surface area contributed by atoms with E-state index in [9.17, 15) is 33.6 Å². The summed E-state index contributed by atoms with van der Waals surface area (Å²) in [6.07, 6.45) is 9.95. The van der Waals surface area contributed by atoms with Gasteiger partial charge in [-0.25, -0.2) is 4.98 Å². The van der Waals surface area contributed by atoms with Gasteiger partial charge in [0.2, 0.25) is 11.8 Å². The molecule has 4 aliphatic rings. The van der Waals surface area contributed by atoms with Crippen molar-refractivity contribution in [2.45, 2.75) is 110 Å². The van der Waals surface area contributed by atoms with Crippen molar-refractivity contribution in [3.05, 3.63) is 99.3 Å².